The maximum Gasteiger partial charge on any atom is 0.237 e. The smallest absolute Gasteiger partial charge is 0.237 e. The number of amides is 1. The van der Waals surface area contributed by atoms with E-state index in [1.54, 1.807) is 0 Å². The molecule has 1 atom stereocenters. The van der Waals surface area contributed by atoms with Gasteiger partial charge in [0.2, 0.25) is 5.91 Å². The lowest BCUT2D eigenvalue weighted by molar-refractivity contribution is -0.123. The fourth-order valence-electron chi connectivity index (χ4n) is 2.19. The average Bonchev–Trinajstić information content (AvgIpc) is 2.32. The molecule has 1 aliphatic rings. The highest BCUT2D eigenvalue weighted by Crippen LogP contribution is 2.10. The van der Waals surface area contributed by atoms with Gasteiger partial charge in [-0.25, -0.2) is 0 Å². The molecular formula is C13H25N3O. The highest BCUT2D eigenvalue weighted by Gasteiger charge is 2.21. The van der Waals surface area contributed by atoms with E-state index in [1.807, 2.05) is 13.0 Å². The van der Waals surface area contributed by atoms with Crippen LogP contribution in [0.1, 0.15) is 32.6 Å². The van der Waals surface area contributed by atoms with Crippen LogP contribution in [0.3, 0.4) is 0 Å². The maximum absolute atomic E-state index is 11.7. The van der Waals surface area contributed by atoms with Crippen molar-refractivity contribution in [1.29, 1.82) is 0 Å². The van der Waals surface area contributed by atoms with Crippen molar-refractivity contribution >= 4 is 5.91 Å². The van der Waals surface area contributed by atoms with Crippen LogP contribution in [0.2, 0.25) is 0 Å². The maximum atomic E-state index is 11.7. The molecular weight excluding hydrogens is 214 g/mol. The number of hydrogen-bond donors (Lipinski definition) is 2. The monoisotopic (exact) mass is 239 g/mol. The van der Waals surface area contributed by atoms with E-state index >= 15 is 0 Å². The third-order valence-electron chi connectivity index (χ3n) is 3.26. The van der Waals surface area contributed by atoms with Crippen molar-refractivity contribution in [3.8, 4) is 0 Å². The van der Waals surface area contributed by atoms with E-state index in [2.05, 4.69) is 16.8 Å². The Hall–Kier alpha value is -0.870. The third kappa shape index (κ3) is 4.88. The fourth-order valence-corrected chi connectivity index (χ4v) is 2.19. The lowest BCUT2D eigenvalue weighted by atomic mass is 10.0. The number of nitrogens with zero attached hydrogens (tertiary/aromatic N) is 1. The first-order valence-corrected chi connectivity index (χ1v) is 6.56. The van der Waals surface area contributed by atoms with Gasteiger partial charge in [0.1, 0.15) is 0 Å². The number of hydrogen-bond acceptors (Lipinski definition) is 3. The quantitative estimate of drug-likeness (QED) is 0.677. The van der Waals surface area contributed by atoms with Crippen molar-refractivity contribution in [2.75, 3.05) is 19.6 Å². The molecule has 1 unspecified atom stereocenters. The summed E-state index contributed by atoms with van der Waals surface area (Å²) in [7, 11) is 0. The van der Waals surface area contributed by atoms with E-state index in [4.69, 9.17) is 5.73 Å². The number of nitrogens with one attached hydrogen (secondary N) is 1. The van der Waals surface area contributed by atoms with E-state index in [9.17, 15) is 4.79 Å². The molecule has 0 saturated carbocycles. The predicted octanol–water partition coefficient (Wildman–Crippen LogP) is 0.880. The molecule has 1 saturated heterocycles. The molecule has 4 nitrogen and oxygen atoms in total. The molecule has 1 aliphatic heterocycles. The summed E-state index contributed by atoms with van der Waals surface area (Å²) >= 11 is 0. The zero-order valence-corrected chi connectivity index (χ0v) is 10.8. The molecule has 1 rings (SSSR count). The highest BCUT2D eigenvalue weighted by atomic mass is 16.2. The zero-order valence-electron chi connectivity index (χ0n) is 10.8. The van der Waals surface area contributed by atoms with Crippen LogP contribution in [-0.4, -0.2) is 42.5 Å². The van der Waals surface area contributed by atoms with E-state index in [0.29, 0.717) is 6.04 Å². The first-order chi connectivity index (χ1) is 8.17. The molecule has 1 amide bonds. The van der Waals surface area contributed by atoms with Crippen LogP contribution < -0.4 is 11.1 Å². The molecule has 1 fully saturated rings. The van der Waals surface area contributed by atoms with Crippen molar-refractivity contribution in [3.63, 3.8) is 0 Å². The molecule has 0 aromatic rings. The Bertz CT molecular complexity index is 247. The van der Waals surface area contributed by atoms with E-state index in [-0.39, 0.29) is 11.9 Å². The summed E-state index contributed by atoms with van der Waals surface area (Å²) in [5.41, 5.74) is 5.78. The molecule has 1 heterocycles. The number of likely N-dealkylation sites (tertiary alicyclic amines) is 1. The summed E-state index contributed by atoms with van der Waals surface area (Å²) in [5, 5.41) is 3.05. The summed E-state index contributed by atoms with van der Waals surface area (Å²) < 4.78 is 0. The van der Waals surface area contributed by atoms with Crippen LogP contribution in [0.5, 0.6) is 0 Å². The minimum absolute atomic E-state index is 0.00835. The Morgan fingerprint density at radius 2 is 2.24 bits per heavy atom. The van der Waals surface area contributed by atoms with Crippen molar-refractivity contribution in [3.05, 3.63) is 12.7 Å². The molecule has 0 aliphatic carbocycles. The van der Waals surface area contributed by atoms with Crippen LogP contribution in [-0.2, 0) is 4.79 Å². The number of carbonyl (C=O) groups excluding carboxylic acids is 1. The Kier molecular flexibility index (Phi) is 6.22. The van der Waals surface area contributed by atoms with Gasteiger partial charge in [0, 0.05) is 25.7 Å². The molecule has 17 heavy (non-hydrogen) atoms. The Morgan fingerprint density at radius 1 is 1.59 bits per heavy atom. The lowest BCUT2D eigenvalue weighted by Gasteiger charge is -2.32. The first-order valence-electron chi connectivity index (χ1n) is 6.56. The minimum atomic E-state index is -0.341. The summed E-state index contributed by atoms with van der Waals surface area (Å²) in [5.74, 6) is 0.00835. The van der Waals surface area contributed by atoms with Gasteiger partial charge in [-0.15, -0.1) is 6.58 Å². The summed E-state index contributed by atoms with van der Waals surface area (Å²) in [6.45, 7) is 8.78. The largest absolute Gasteiger partial charge is 0.352 e. The first kappa shape index (κ1) is 14.2. The van der Waals surface area contributed by atoms with E-state index in [1.165, 1.54) is 0 Å². The second kappa shape index (κ2) is 7.45. The standard InChI is InChI=1S/C13H25N3O/c1-3-5-12(14)13(17)15-11-6-9-16(8-4-2)10-7-11/h4,11-12H,2-3,5-10,14H2,1H3,(H,15,17). The minimum Gasteiger partial charge on any atom is -0.352 e. The van der Waals surface area contributed by atoms with Crippen molar-refractivity contribution < 1.29 is 4.79 Å². The lowest BCUT2D eigenvalue weighted by Crippen LogP contribution is -2.49. The van der Waals surface area contributed by atoms with Gasteiger partial charge in [0.05, 0.1) is 6.04 Å². The van der Waals surface area contributed by atoms with Crippen LogP contribution in [0.25, 0.3) is 0 Å². The Labute approximate surface area is 104 Å². The highest BCUT2D eigenvalue weighted by molar-refractivity contribution is 5.81. The molecule has 98 valence electrons. The molecule has 0 bridgehead atoms. The number of carbonyl (C=O) groups is 1. The van der Waals surface area contributed by atoms with Gasteiger partial charge in [-0.3, -0.25) is 9.69 Å². The van der Waals surface area contributed by atoms with Gasteiger partial charge in [-0.1, -0.05) is 19.4 Å². The SMILES string of the molecule is C=CCN1CCC(NC(=O)C(N)CCC)CC1. The van der Waals surface area contributed by atoms with Gasteiger partial charge in [-0.05, 0) is 19.3 Å². The fraction of sp³-hybridized carbons (Fsp3) is 0.769. The van der Waals surface area contributed by atoms with E-state index < -0.39 is 0 Å². The van der Waals surface area contributed by atoms with Crippen LogP contribution >= 0.6 is 0 Å². The summed E-state index contributed by atoms with van der Waals surface area (Å²) in [6.07, 6.45) is 5.67. The molecule has 0 aromatic carbocycles. The second-order valence-corrected chi connectivity index (χ2v) is 4.77. The van der Waals surface area contributed by atoms with E-state index in [0.717, 1.165) is 45.3 Å². The average molecular weight is 239 g/mol. The number of piperidine rings is 1. The van der Waals surface area contributed by atoms with Crippen LogP contribution in [0, 0.1) is 0 Å². The summed E-state index contributed by atoms with van der Waals surface area (Å²) in [6, 6.07) is -0.0438. The van der Waals surface area contributed by atoms with Crippen molar-refractivity contribution in [1.82, 2.24) is 10.2 Å². The van der Waals surface area contributed by atoms with Gasteiger partial charge in [0.15, 0.2) is 0 Å². The van der Waals surface area contributed by atoms with Gasteiger partial charge in [-0.2, -0.15) is 0 Å². The molecule has 4 heteroatoms. The van der Waals surface area contributed by atoms with Crippen LogP contribution in [0.4, 0.5) is 0 Å². The molecule has 0 spiro atoms. The number of rotatable bonds is 6. The normalized spacial score (nSPS) is 19.9. The van der Waals surface area contributed by atoms with Crippen LogP contribution in [0.15, 0.2) is 12.7 Å². The third-order valence-corrected chi connectivity index (χ3v) is 3.26. The van der Waals surface area contributed by atoms with Gasteiger partial charge < -0.3 is 11.1 Å². The van der Waals surface area contributed by atoms with Crippen molar-refractivity contribution in [2.45, 2.75) is 44.7 Å². The van der Waals surface area contributed by atoms with Gasteiger partial charge >= 0.3 is 0 Å². The second-order valence-electron chi connectivity index (χ2n) is 4.77. The summed E-state index contributed by atoms with van der Waals surface area (Å²) in [4.78, 5) is 14.1. The molecule has 0 aromatic heterocycles. The Morgan fingerprint density at radius 3 is 2.76 bits per heavy atom. The van der Waals surface area contributed by atoms with Gasteiger partial charge in [0.25, 0.3) is 0 Å². The number of nitrogens with two attached hydrogens (primary N) is 1. The van der Waals surface area contributed by atoms with Crippen molar-refractivity contribution in [2.24, 2.45) is 5.73 Å². The molecule has 3 N–H and O–H groups in total. The molecule has 0 radical (unpaired) electrons. The zero-order chi connectivity index (χ0) is 12.7. The topological polar surface area (TPSA) is 58.4 Å². The predicted molar refractivity (Wildman–Crippen MR) is 70.7 cm³/mol. The Balaban J connectivity index is 2.25.